The normalized spacial score (nSPS) is 10.7. The number of nitrogens with zero attached hydrogens (tertiary/aromatic N) is 2. The van der Waals surface area contributed by atoms with E-state index in [2.05, 4.69) is 6.58 Å². The molecule has 0 saturated heterocycles. The van der Waals surface area contributed by atoms with Gasteiger partial charge in [0, 0.05) is 13.1 Å². The fraction of sp³-hybridized carbons (Fsp3) is 0.194. The third kappa shape index (κ3) is 6.61. The van der Waals surface area contributed by atoms with Crippen LogP contribution in [0.1, 0.15) is 22.3 Å². The van der Waals surface area contributed by atoms with Gasteiger partial charge in [-0.05, 0) is 30.2 Å². The summed E-state index contributed by atoms with van der Waals surface area (Å²) in [4.78, 5) is 43.0. The number of carbonyl (C=O) groups is 2. The molecule has 0 fully saturated rings. The van der Waals surface area contributed by atoms with E-state index in [1.807, 2.05) is 73.7 Å². The summed E-state index contributed by atoms with van der Waals surface area (Å²) in [5.74, 6) is -0.435. The predicted octanol–water partition coefficient (Wildman–Crippen LogP) is 4.89. The number of hydrogen-bond acceptors (Lipinski definition) is 4. The molecular formula is C31H30N2O4. The molecule has 0 spiro atoms. The molecule has 0 aliphatic carbocycles. The molecule has 4 rings (SSSR count). The van der Waals surface area contributed by atoms with Crippen LogP contribution in [0.2, 0.25) is 0 Å². The Morgan fingerprint density at radius 1 is 0.865 bits per heavy atom. The number of aryl methyl sites for hydroxylation is 1. The molecule has 6 heteroatoms. The highest BCUT2D eigenvalue weighted by Gasteiger charge is 2.23. The molecule has 37 heavy (non-hydrogen) atoms. The lowest BCUT2D eigenvalue weighted by atomic mass is 10.1. The number of benzene rings is 3. The van der Waals surface area contributed by atoms with Gasteiger partial charge in [0.15, 0.2) is 5.43 Å². The van der Waals surface area contributed by atoms with Gasteiger partial charge in [0.1, 0.15) is 12.1 Å². The third-order valence-electron chi connectivity index (χ3n) is 6.16. The molecule has 1 aromatic heterocycles. The van der Waals surface area contributed by atoms with Crippen molar-refractivity contribution in [2.45, 2.75) is 26.4 Å². The van der Waals surface area contributed by atoms with Crippen LogP contribution < -0.4 is 5.43 Å². The first-order valence-electron chi connectivity index (χ1n) is 12.2. The van der Waals surface area contributed by atoms with Gasteiger partial charge in [0.25, 0.3) is 0 Å². The quantitative estimate of drug-likeness (QED) is 0.295. The fourth-order valence-electron chi connectivity index (χ4n) is 4.19. The van der Waals surface area contributed by atoms with Gasteiger partial charge >= 0.3 is 0 Å². The zero-order chi connectivity index (χ0) is 26.2. The number of hydrogen-bond donors (Lipinski definition) is 0. The minimum atomic E-state index is -0.268. The van der Waals surface area contributed by atoms with E-state index < -0.39 is 0 Å². The summed E-state index contributed by atoms with van der Waals surface area (Å²) in [5, 5.41) is 0.482. The van der Waals surface area contributed by atoms with Crippen molar-refractivity contribution < 1.29 is 14.0 Å². The average Bonchev–Trinajstić information content (AvgIpc) is 2.91. The molecule has 1 heterocycles. The van der Waals surface area contributed by atoms with Crippen molar-refractivity contribution in [1.82, 2.24) is 9.80 Å². The van der Waals surface area contributed by atoms with Crippen LogP contribution in [0.3, 0.4) is 0 Å². The van der Waals surface area contributed by atoms with Gasteiger partial charge in [-0.15, -0.1) is 6.58 Å². The third-order valence-corrected chi connectivity index (χ3v) is 6.16. The highest BCUT2D eigenvalue weighted by molar-refractivity contribution is 5.86. The van der Waals surface area contributed by atoms with E-state index in [1.165, 1.54) is 11.2 Å². The summed E-state index contributed by atoms with van der Waals surface area (Å²) in [7, 11) is 0. The lowest BCUT2D eigenvalue weighted by Gasteiger charge is -2.27. The molecule has 0 unspecified atom stereocenters. The van der Waals surface area contributed by atoms with Crippen LogP contribution in [0.5, 0.6) is 0 Å². The van der Waals surface area contributed by atoms with Crippen molar-refractivity contribution in [3.05, 3.63) is 130 Å². The van der Waals surface area contributed by atoms with Crippen molar-refractivity contribution >= 4 is 22.8 Å². The molecule has 0 bridgehead atoms. The van der Waals surface area contributed by atoms with Gasteiger partial charge in [-0.25, -0.2) is 0 Å². The second kappa shape index (κ2) is 12.0. The van der Waals surface area contributed by atoms with Gasteiger partial charge < -0.3 is 14.2 Å². The molecule has 0 atom stereocenters. The van der Waals surface area contributed by atoms with Crippen LogP contribution in [0.4, 0.5) is 0 Å². The highest BCUT2D eigenvalue weighted by atomic mass is 16.3. The van der Waals surface area contributed by atoms with Crippen LogP contribution in [0.15, 0.2) is 107 Å². The summed E-state index contributed by atoms with van der Waals surface area (Å²) in [6.07, 6.45) is 3.22. The second-order valence-corrected chi connectivity index (χ2v) is 9.05. The standard InChI is InChI=1S/C31H30N2O4/c1-3-16-32(29(34)18-24-10-6-4-7-11-24)21-30(35)33(19-25-12-8-5-9-13-25)20-26-22-37-28-15-14-23(2)17-27(28)31(26)36/h3-15,17,22H,1,16,18-21H2,2H3. The molecule has 4 aromatic rings. The Hall–Kier alpha value is -4.45. The largest absolute Gasteiger partial charge is 0.464 e. The summed E-state index contributed by atoms with van der Waals surface area (Å²) in [6, 6.07) is 24.4. The van der Waals surface area contributed by atoms with Crippen molar-refractivity contribution in [1.29, 1.82) is 0 Å². The number of amides is 2. The minimum absolute atomic E-state index is 0.0642. The van der Waals surface area contributed by atoms with E-state index in [-0.39, 0.29) is 43.3 Å². The van der Waals surface area contributed by atoms with Crippen molar-refractivity contribution in [3.8, 4) is 0 Å². The molecule has 0 aliphatic heterocycles. The fourth-order valence-corrected chi connectivity index (χ4v) is 4.19. The van der Waals surface area contributed by atoms with Crippen LogP contribution in [-0.4, -0.2) is 34.7 Å². The Bertz CT molecular complexity index is 1440. The molecule has 188 valence electrons. The molecule has 6 nitrogen and oxygen atoms in total. The first-order valence-corrected chi connectivity index (χ1v) is 12.2. The molecule has 0 saturated carbocycles. The lowest BCUT2D eigenvalue weighted by Crippen LogP contribution is -2.43. The summed E-state index contributed by atoms with van der Waals surface area (Å²) in [5.41, 5.74) is 3.46. The van der Waals surface area contributed by atoms with E-state index in [4.69, 9.17) is 4.42 Å². The number of carbonyl (C=O) groups excluding carboxylic acids is 2. The predicted molar refractivity (Wildman–Crippen MR) is 145 cm³/mol. The zero-order valence-electron chi connectivity index (χ0n) is 20.9. The molecule has 2 amide bonds. The van der Waals surface area contributed by atoms with Gasteiger partial charge in [-0.3, -0.25) is 14.4 Å². The van der Waals surface area contributed by atoms with Gasteiger partial charge in [0.2, 0.25) is 11.8 Å². The topological polar surface area (TPSA) is 70.8 Å². The minimum Gasteiger partial charge on any atom is -0.464 e. The van der Waals surface area contributed by atoms with Gasteiger partial charge in [-0.1, -0.05) is 78.4 Å². The SMILES string of the molecule is C=CCN(CC(=O)N(Cc1ccccc1)Cc1coc2ccc(C)cc2c1=O)C(=O)Cc1ccccc1. The maximum Gasteiger partial charge on any atom is 0.242 e. The summed E-state index contributed by atoms with van der Waals surface area (Å²) in [6.45, 7) is 6.14. The van der Waals surface area contributed by atoms with Gasteiger partial charge in [0.05, 0.1) is 30.2 Å². The Morgan fingerprint density at radius 2 is 1.54 bits per heavy atom. The molecular weight excluding hydrogens is 464 g/mol. The van der Waals surface area contributed by atoms with Crippen molar-refractivity contribution in [2.75, 3.05) is 13.1 Å². The number of fused-ring (bicyclic) bond motifs is 1. The Morgan fingerprint density at radius 3 is 2.22 bits per heavy atom. The first-order chi connectivity index (χ1) is 17.9. The van der Waals surface area contributed by atoms with Gasteiger partial charge in [-0.2, -0.15) is 0 Å². The van der Waals surface area contributed by atoms with Crippen LogP contribution in [0.25, 0.3) is 11.0 Å². The van der Waals surface area contributed by atoms with Crippen LogP contribution in [-0.2, 0) is 29.1 Å². The number of rotatable bonds is 10. The van der Waals surface area contributed by atoms with Crippen LogP contribution in [0, 0.1) is 6.92 Å². The Balaban J connectivity index is 1.59. The van der Waals surface area contributed by atoms with E-state index in [1.54, 1.807) is 23.1 Å². The summed E-state index contributed by atoms with van der Waals surface area (Å²) >= 11 is 0. The Kier molecular flexibility index (Phi) is 8.31. The van der Waals surface area contributed by atoms with Crippen LogP contribution >= 0.6 is 0 Å². The monoisotopic (exact) mass is 494 g/mol. The maximum absolute atomic E-state index is 13.6. The van der Waals surface area contributed by atoms with Crippen molar-refractivity contribution in [2.24, 2.45) is 0 Å². The summed E-state index contributed by atoms with van der Waals surface area (Å²) < 4.78 is 5.72. The van der Waals surface area contributed by atoms with Crippen molar-refractivity contribution in [3.63, 3.8) is 0 Å². The van der Waals surface area contributed by atoms with E-state index in [9.17, 15) is 14.4 Å². The Labute approximate surface area is 216 Å². The molecule has 0 radical (unpaired) electrons. The lowest BCUT2D eigenvalue weighted by molar-refractivity contribution is -0.140. The van der Waals surface area contributed by atoms with E-state index >= 15 is 0 Å². The zero-order valence-corrected chi connectivity index (χ0v) is 20.9. The maximum atomic E-state index is 13.6. The molecule has 0 aliphatic rings. The first kappa shape index (κ1) is 25.6. The smallest absolute Gasteiger partial charge is 0.242 e. The second-order valence-electron chi connectivity index (χ2n) is 9.05. The van der Waals surface area contributed by atoms with E-state index in [0.717, 1.165) is 16.7 Å². The highest BCUT2D eigenvalue weighted by Crippen LogP contribution is 2.16. The molecule has 0 N–H and O–H groups in total. The van der Waals surface area contributed by atoms with E-state index in [0.29, 0.717) is 23.1 Å². The molecule has 3 aromatic carbocycles. The average molecular weight is 495 g/mol.